The smallest absolute Gasteiger partial charge is 0.250 e. The third-order valence-corrected chi connectivity index (χ3v) is 7.76. The van der Waals surface area contributed by atoms with Crippen molar-refractivity contribution in [1.29, 1.82) is 0 Å². The summed E-state index contributed by atoms with van der Waals surface area (Å²) in [4.78, 5) is 5.07. The summed E-state index contributed by atoms with van der Waals surface area (Å²) in [5, 5.41) is 4.82. The molecule has 0 fully saturated rings. The van der Waals surface area contributed by atoms with Crippen LogP contribution in [0.5, 0.6) is 0 Å². The Morgan fingerprint density at radius 1 is 1.15 bits per heavy atom. The molecule has 0 aliphatic heterocycles. The van der Waals surface area contributed by atoms with E-state index in [1.165, 1.54) is 29.0 Å². The Kier molecular flexibility index (Phi) is 5.12. The quantitative estimate of drug-likeness (QED) is 0.687. The molecule has 8 heteroatoms. The fraction of sp³-hybridized carbons (Fsp3) is 0.368. The van der Waals surface area contributed by atoms with Gasteiger partial charge in [0.15, 0.2) is 0 Å². The highest BCUT2D eigenvalue weighted by atomic mass is 32.2. The lowest BCUT2D eigenvalue weighted by Gasteiger charge is -2.14. The highest BCUT2D eigenvalue weighted by molar-refractivity contribution is 7.91. The first-order chi connectivity index (χ1) is 13.0. The monoisotopic (exact) mass is 402 g/mol. The fourth-order valence-electron chi connectivity index (χ4n) is 3.51. The van der Waals surface area contributed by atoms with Crippen molar-refractivity contribution >= 4 is 21.4 Å². The average Bonchev–Trinajstić information content (AvgIpc) is 3.27. The van der Waals surface area contributed by atoms with E-state index in [-0.39, 0.29) is 0 Å². The van der Waals surface area contributed by atoms with Crippen LogP contribution in [0.15, 0.2) is 40.9 Å². The Labute approximate surface area is 163 Å². The first-order valence-corrected chi connectivity index (χ1v) is 11.4. The van der Waals surface area contributed by atoms with Gasteiger partial charge in [-0.3, -0.25) is 9.67 Å². The first-order valence-electron chi connectivity index (χ1n) is 9.10. The molecule has 0 unspecified atom stereocenters. The summed E-state index contributed by atoms with van der Waals surface area (Å²) in [5.74, 6) is 0. The third kappa shape index (κ3) is 3.83. The van der Waals surface area contributed by atoms with Crippen molar-refractivity contribution in [1.82, 2.24) is 19.5 Å². The number of hydrogen-bond donors (Lipinski definition) is 1. The zero-order valence-electron chi connectivity index (χ0n) is 15.2. The van der Waals surface area contributed by atoms with Crippen LogP contribution in [0.1, 0.15) is 29.0 Å². The number of sulfonamides is 1. The Bertz CT molecular complexity index is 1040. The van der Waals surface area contributed by atoms with Crippen LogP contribution >= 0.6 is 11.3 Å². The van der Waals surface area contributed by atoms with Crippen molar-refractivity contribution in [3.8, 4) is 11.3 Å². The van der Waals surface area contributed by atoms with Gasteiger partial charge in [0.25, 0.3) is 0 Å². The van der Waals surface area contributed by atoms with E-state index in [1.807, 2.05) is 29.8 Å². The minimum Gasteiger partial charge on any atom is -0.267 e. The van der Waals surface area contributed by atoms with Crippen LogP contribution in [0.3, 0.4) is 0 Å². The van der Waals surface area contributed by atoms with Gasteiger partial charge < -0.3 is 0 Å². The van der Waals surface area contributed by atoms with E-state index in [0.29, 0.717) is 17.3 Å². The molecule has 0 radical (unpaired) electrons. The summed E-state index contributed by atoms with van der Waals surface area (Å²) in [6, 6.07) is 7.43. The van der Waals surface area contributed by atoms with Crippen LogP contribution in [0.25, 0.3) is 11.3 Å². The Morgan fingerprint density at radius 3 is 2.67 bits per heavy atom. The van der Waals surface area contributed by atoms with Crippen LogP contribution in [-0.4, -0.2) is 29.7 Å². The van der Waals surface area contributed by atoms with Gasteiger partial charge in [-0.15, -0.1) is 11.3 Å². The van der Waals surface area contributed by atoms with Gasteiger partial charge in [0.2, 0.25) is 10.0 Å². The minimum absolute atomic E-state index is 0.323. The van der Waals surface area contributed by atoms with E-state index >= 15 is 0 Å². The minimum atomic E-state index is -3.46. The largest absolute Gasteiger partial charge is 0.267 e. The fourth-order valence-corrected chi connectivity index (χ4v) is 5.86. The zero-order chi connectivity index (χ0) is 18.9. The molecule has 3 aromatic rings. The van der Waals surface area contributed by atoms with Crippen LogP contribution in [-0.2, 0) is 29.4 Å². The van der Waals surface area contributed by atoms with E-state index in [1.54, 1.807) is 18.5 Å². The molecular weight excluding hydrogens is 380 g/mol. The number of hydrogen-bond acceptors (Lipinski definition) is 5. The molecule has 0 atom stereocenters. The number of aromatic nitrogens is 3. The molecular formula is C19H22N4O2S2. The molecule has 3 heterocycles. The van der Waals surface area contributed by atoms with Crippen LogP contribution in [0.2, 0.25) is 0 Å². The molecule has 6 nitrogen and oxygen atoms in total. The van der Waals surface area contributed by atoms with Gasteiger partial charge >= 0.3 is 0 Å². The number of thiophene rings is 1. The molecule has 0 saturated heterocycles. The number of nitrogens with zero attached hydrogens (tertiary/aromatic N) is 3. The van der Waals surface area contributed by atoms with Crippen LogP contribution < -0.4 is 4.72 Å². The summed E-state index contributed by atoms with van der Waals surface area (Å²) < 4.78 is 29.9. The Hall–Kier alpha value is -2.03. The number of pyridine rings is 1. The van der Waals surface area contributed by atoms with Gasteiger partial charge in [-0.1, -0.05) is 0 Å². The SMILES string of the molecule is Cc1ccc(S(=O)(=O)NCCn2nc(-c3ccncc3)c3c2CCCC3)s1. The summed E-state index contributed by atoms with van der Waals surface area (Å²) in [6.07, 6.45) is 7.88. The van der Waals surface area contributed by atoms with Crippen LogP contribution in [0, 0.1) is 6.92 Å². The van der Waals surface area contributed by atoms with Crippen molar-refractivity contribution in [2.75, 3.05) is 6.54 Å². The highest BCUT2D eigenvalue weighted by Gasteiger charge is 2.22. The maximum Gasteiger partial charge on any atom is 0.250 e. The maximum absolute atomic E-state index is 12.4. The third-order valence-electron chi connectivity index (χ3n) is 4.81. The van der Waals surface area contributed by atoms with Crippen molar-refractivity contribution in [3.63, 3.8) is 0 Å². The summed E-state index contributed by atoms with van der Waals surface area (Å²) in [6.45, 7) is 2.75. The number of fused-ring (bicyclic) bond motifs is 1. The highest BCUT2D eigenvalue weighted by Crippen LogP contribution is 2.31. The normalized spacial score (nSPS) is 14.3. The first kappa shape index (κ1) is 18.3. The lowest BCUT2D eigenvalue weighted by atomic mass is 9.94. The average molecular weight is 403 g/mol. The van der Waals surface area contributed by atoms with Crippen molar-refractivity contribution in [3.05, 3.63) is 52.8 Å². The van der Waals surface area contributed by atoms with E-state index in [2.05, 4.69) is 9.71 Å². The van der Waals surface area contributed by atoms with E-state index in [0.717, 1.165) is 35.4 Å². The van der Waals surface area contributed by atoms with E-state index in [9.17, 15) is 8.42 Å². The number of aryl methyl sites for hydroxylation is 1. The Balaban J connectivity index is 1.53. The summed E-state index contributed by atoms with van der Waals surface area (Å²) in [5.41, 5.74) is 4.60. The molecule has 1 aliphatic carbocycles. The van der Waals surface area contributed by atoms with Gasteiger partial charge in [0.05, 0.1) is 12.2 Å². The maximum atomic E-state index is 12.4. The number of nitrogens with one attached hydrogen (secondary N) is 1. The molecule has 1 N–H and O–H groups in total. The molecule has 27 heavy (non-hydrogen) atoms. The topological polar surface area (TPSA) is 76.9 Å². The van der Waals surface area contributed by atoms with Gasteiger partial charge in [-0.05, 0) is 56.9 Å². The van der Waals surface area contributed by atoms with Gasteiger partial charge in [0, 0.05) is 40.6 Å². The molecule has 3 aromatic heterocycles. The zero-order valence-corrected chi connectivity index (χ0v) is 16.8. The lowest BCUT2D eigenvalue weighted by molar-refractivity contribution is 0.539. The molecule has 0 aromatic carbocycles. The van der Waals surface area contributed by atoms with Crippen molar-refractivity contribution in [2.45, 2.75) is 43.4 Å². The van der Waals surface area contributed by atoms with E-state index < -0.39 is 10.0 Å². The van der Waals surface area contributed by atoms with Crippen molar-refractivity contribution < 1.29 is 8.42 Å². The second kappa shape index (κ2) is 7.53. The Morgan fingerprint density at radius 2 is 1.93 bits per heavy atom. The second-order valence-electron chi connectivity index (χ2n) is 6.70. The van der Waals surface area contributed by atoms with Gasteiger partial charge in [-0.25, -0.2) is 13.1 Å². The summed E-state index contributed by atoms with van der Waals surface area (Å²) in [7, 11) is -3.46. The van der Waals surface area contributed by atoms with E-state index in [4.69, 9.17) is 5.10 Å². The molecule has 0 spiro atoms. The second-order valence-corrected chi connectivity index (χ2v) is 9.98. The lowest BCUT2D eigenvalue weighted by Crippen LogP contribution is -2.27. The molecule has 0 saturated carbocycles. The molecule has 142 valence electrons. The molecule has 0 bridgehead atoms. The van der Waals surface area contributed by atoms with Gasteiger partial charge in [-0.2, -0.15) is 5.10 Å². The molecule has 0 amide bonds. The molecule has 1 aliphatic rings. The predicted molar refractivity (Wildman–Crippen MR) is 106 cm³/mol. The van der Waals surface area contributed by atoms with Gasteiger partial charge in [0.1, 0.15) is 4.21 Å². The standard InChI is InChI=1S/C19H22N4O2S2/c1-14-6-7-18(26-14)27(24,25)21-12-13-23-17-5-3-2-4-16(17)19(22-23)15-8-10-20-11-9-15/h6-11,21H,2-5,12-13H2,1H3. The van der Waals surface area contributed by atoms with Crippen molar-refractivity contribution in [2.24, 2.45) is 0 Å². The van der Waals surface area contributed by atoms with Crippen LogP contribution in [0.4, 0.5) is 0 Å². The predicted octanol–water partition coefficient (Wildman–Crippen LogP) is 3.17. The summed E-state index contributed by atoms with van der Waals surface area (Å²) >= 11 is 1.29. The number of rotatable bonds is 6. The molecule has 4 rings (SSSR count).